The second-order valence-electron chi connectivity index (χ2n) is 1.89. The maximum atomic E-state index is 10.8. The molecule has 0 bridgehead atoms. The summed E-state index contributed by atoms with van der Waals surface area (Å²) in [6.45, 7) is 0. The molecule has 1 amide bonds. The van der Waals surface area contributed by atoms with Gasteiger partial charge in [0, 0.05) is 18.7 Å². The van der Waals surface area contributed by atoms with Gasteiger partial charge in [-0.05, 0) is 0 Å². The number of carbonyl (C=O) groups excluding carboxylic acids is 1. The number of hydrogen-bond donors (Lipinski definition) is 2. The summed E-state index contributed by atoms with van der Waals surface area (Å²) < 4.78 is 0. The number of thioether (sulfide) groups is 1. The predicted molar refractivity (Wildman–Crippen MR) is 38.3 cm³/mol. The molecule has 0 aromatic carbocycles. The van der Waals surface area contributed by atoms with Crippen LogP contribution in [0.3, 0.4) is 0 Å². The summed E-state index contributed by atoms with van der Waals surface area (Å²) in [5.74, 6) is 1.90. The Kier molecular flexibility index (Phi) is 2.36. The van der Waals surface area contributed by atoms with Gasteiger partial charge in [0.05, 0.1) is 6.04 Å². The highest BCUT2D eigenvalue weighted by molar-refractivity contribution is 7.99. The standard InChI is InChI=1S/C5H10N2OS/c1-6-5(8)4-2-9-3-7-4/h4,7H,2-3H2,1H3,(H,6,8). The van der Waals surface area contributed by atoms with Gasteiger partial charge in [-0.3, -0.25) is 10.1 Å². The van der Waals surface area contributed by atoms with E-state index in [1.807, 2.05) is 0 Å². The highest BCUT2D eigenvalue weighted by Gasteiger charge is 2.20. The molecule has 52 valence electrons. The van der Waals surface area contributed by atoms with Crippen molar-refractivity contribution in [1.29, 1.82) is 0 Å². The Balaban J connectivity index is 2.32. The van der Waals surface area contributed by atoms with Crippen molar-refractivity contribution in [3.05, 3.63) is 0 Å². The zero-order chi connectivity index (χ0) is 6.69. The zero-order valence-electron chi connectivity index (χ0n) is 5.31. The number of hydrogen-bond acceptors (Lipinski definition) is 3. The summed E-state index contributed by atoms with van der Waals surface area (Å²) in [7, 11) is 1.66. The number of likely N-dealkylation sites (N-methyl/N-ethyl adjacent to an activating group) is 1. The van der Waals surface area contributed by atoms with Crippen LogP contribution in [0.4, 0.5) is 0 Å². The smallest absolute Gasteiger partial charge is 0.237 e. The van der Waals surface area contributed by atoms with Crippen LogP contribution >= 0.6 is 11.8 Å². The highest BCUT2D eigenvalue weighted by atomic mass is 32.2. The molecule has 0 saturated carbocycles. The van der Waals surface area contributed by atoms with E-state index in [1.54, 1.807) is 18.8 Å². The molecule has 1 atom stereocenters. The van der Waals surface area contributed by atoms with E-state index >= 15 is 0 Å². The van der Waals surface area contributed by atoms with Crippen LogP contribution in [-0.4, -0.2) is 30.6 Å². The Bertz CT molecular complexity index is 112. The van der Waals surface area contributed by atoms with Crippen molar-refractivity contribution in [3.8, 4) is 0 Å². The summed E-state index contributed by atoms with van der Waals surface area (Å²) in [5, 5.41) is 5.65. The molecular formula is C5H10N2OS. The quantitative estimate of drug-likeness (QED) is 0.519. The Hall–Kier alpha value is -0.220. The summed E-state index contributed by atoms with van der Waals surface area (Å²) in [6, 6.07) is 0.0417. The van der Waals surface area contributed by atoms with E-state index in [0.29, 0.717) is 0 Å². The Morgan fingerprint density at radius 2 is 2.67 bits per heavy atom. The van der Waals surface area contributed by atoms with Crippen molar-refractivity contribution in [2.24, 2.45) is 0 Å². The third-order valence-corrected chi connectivity index (χ3v) is 2.22. The molecule has 1 aliphatic heterocycles. The van der Waals surface area contributed by atoms with Gasteiger partial charge in [-0.25, -0.2) is 0 Å². The molecule has 0 aromatic heterocycles. The minimum Gasteiger partial charge on any atom is -0.358 e. The van der Waals surface area contributed by atoms with Crippen molar-refractivity contribution < 1.29 is 4.79 Å². The lowest BCUT2D eigenvalue weighted by Gasteiger charge is -2.04. The normalized spacial score (nSPS) is 26.1. The van der Waals surface area contributed by atoms with Gasteiger partial charge in [0.15, 0.2) is 0 Å². The van der Waals surface area contributed by atoms with Crippen LogP contribution in [-0.2, 0) is 4.79 Å². The summed E-state index contributed by atoms with van der Waals surface area (Å²) in [6.07, 6.45) is 0. The van der Waals surface area contributed by atoms with Crippen LogP contribution in [0.5, 0.6) is 0 Å². The van der Waals surface area contributed by atoms with E-state index < -0.39 is 0 Å². The molecule has 1 heterocycles. The van der Waals surface area contributed by atoms with Crippen LogP contribution in [0.15, 0.2) is 0 Å². The van der Waals surface area contributed by atoms with Crippen LogP contribution in [0, 0.1) is 0 Å². The van der Waals surface area contributed by atoms with Gasteiger partial charge in [-0.15, -0.1) is 11.8 Å². The highest BCUT2D eigenvalue weighted by Crippen LogP contribution is 2.08. The lowest BCUT2D eigenvalue weighted by molar-refractivity contribution is -0.121. The van der Waals surface area contributed by atoms with Gasteiger partial charge >= 0.3 is 0 Å². The monoisotopic (exact) mass is 146 g/mol. The molecular weight excluding hydrogens is 136 g/mol. The van der Waals surface area contributed by atoms with Crippen LogP contribution in [0.2, 0.25) is 0 Å². The molecule has 0 spiro atoms. The number of nitrogens with one attached hydrogen (secondary N) is 2. The van der Waals surface area contributed by atoms with Crippen LogP contribution in [0.25, 0.3) is 0 Å². The van der Waals surface area contributed by atoms with E-state index in [2.05, 4.69) is 10.6 Å². The molecule has 1 aliphatic rings. The first-order valence-electron chi connectivity index (χ1n) is 2.87. The minimum atomic E-state index is 0.0417. The molecule has 4 heteroatoms. The van der Waals surface area contributed by atoms with Crippen molar-refractivity contribution in [2.75, 3.05) is 18.7 Å². The van der Waals surface area contributed by atoms with Crippen molar-refractivity contribution in [2.45, 2.75) is 6.04 Å². The SMILES string of the molecule is CNC(=O)C1CSCN1. The molecule has 2 N–H and O–H groups in total. The summed E-state index contributed by atoms with van der Waals surface area (Å²) in [4.78, 5) is 10.8. The lowest BCUT2D eigenvalue weighted by Crippen LogP contribution is -2.40. The predicted octanol–water partition coefficient (Wildman–Crippen LogP) is -0.605. The fraction of sp³-hybridized carbons (Fsp3) is 0.800. The Morgan fingerprint density at radius 1 is 1.89 bits per heavy atom. The molecule has 0 aliphatic carbocycles. The Morgan fingerprint density at radius 3 is 3.11 bits per heavy atom. The minimum absolute atomic E-state index is 0.0417. The number of carbonyl (C=O) groups is 1. The van der Waals surface area contributed by atoms with E-state index in [-0.39, 0.29) is 11.9 Å². The van der Waals surface area contributed by atoms with E-state index in [0.717, 1.165) is 11.6 Å². The fourth-order valence-corrected chi connectivity index (χ4v) is 1.68. The largest absolute Gasteiger partial charge is 0.358 e. The van der Waals surface area contributed by atoms with Crippen molar-refractivity contribution >= 4 is 17.7 Å². The van der Waals surface area contributed by atoms with Gasteiger partial charge in [-0.2, -0.15) is 0 Å². The second kappa shape index (κ2) is 3.08. The molecule has 0 aromatic rings. The number of amides is 1. The first-order valence-corrected chi connectivity index (χ1v) is 4.03. The van der Waals surface area contributed by atoms with E-state index in [4.69, 9.17) is 0 Å². The zero-order valence-corrected chi connectivity index (χ0v) is 6.12. The van der Waals surface area contributed by atoms with E-state index in [9.17, 15) is 4.79 Å². The van der Waals surface area contributed by atoms with Crippen molar-refractivity contribution in [1.82, 2.24) is 10.6 Å². The maximum Gasteiger partial charge on any atom is 0.237 e. The maximum absolute atomic E-state index is 10.8. The Labute approximate surface area is 58.6 Å². The van der Waals surface area contributed by atoms with E-state index in [1.165, 1.54) is 0 Å². The molecule has 9 heavy (non-hydrogen) atoms. The third kappa shape index (κ3) is 1.59. The topological polar surface area (TPSA) is 41.1 Å². The van der Waals surface area contributed by atoms with Gasteiger partial charge in [-0.1, -0.05) is 0 Å². The van der Waals surface area contributed by atoms with Gasteiger partial charge in [0.2, 0.25) is 5.91 Å². The fourth-order valence-electron chi connectivity index (χ4n) is 0.738. The van der Waals surface area contributed by atoms with Crippen molar-refractivity contribution in [3.63, 3.8) is 0 Å². The summed E-state index contributed by atoms with van der Waals surface area (Å²) in [5.41, 5.74) is 0. The molecule has 1 saturated heterocycles. The molecule has 0 radical (unpaired) electrons. The first kappa shape index (κ1) is 6.89. The first-order chi connectivity index (χ1) is 4.34. The average molecular weight is 146 g/mol. The molecule has 1 fully saturated rings. The van der Waals surface area contributed by atoms with Gasteiger partial charge < -0.3 is 5.32 Å². The van der Waals surface area contributed by atoms with Crippen LogP contribution in [0.1, 0.15) is 0 Å². The van der Waals surface area contributed by atoms with Gasteiger partial charge in [0.25, 0.3) is 0 Å². The second-order valence-corrected chi connectivity index (χ2v) is 2.92. The summed E-state index contributed by atoms with van der Waals surface area (Å²) >= 11 is 1.75. The van der Waals surface area contributed by atoms with Gasteiger partial charge in [0.1, 0.15) is 0 Å². The molecule has 1 unspecified atom stereocenters. The molecule has 3 nitrogen and oxygen atoms in total. The average Bonchev–Trinajstić information content (AvgIpc) is 2.37. The third-order valence-electron chi connectivity index (χ3n) is 1.28. The molecule has 1 rings (SSSR count). The number of rotatable bonds is 1. The van der Waals surface area contributed by atoms with Crippen LogP contribution < -0.4 is 10.6 Å². The lowest BCUT2D eigenvalue weighted by atomic mass is 10.3.